The number of amides is 3. The van der Waals surface area contributed by atoms with Gasteiger partial charge in [0.25, 0.3) is 0 Å². The van der Waals surface area contributed by atoms with E-state index < -0.39 is 18.3 Å². The number of ether oxygens (including phenoxy) is 7. The van der Waals surface area contributed by atoms with Crippen LogP contribution in [-0.2, 0) is 14.2 Å². The fourth-order valence-corrected chi connectivity index (χ4v) is 13.5. The maximum atomic E-state index is 12.3. The second-order valence-corrected chi connectivity index (χ2v) is 31.8. The van der Waals surface area contributed by atoms with E-state index in [0.29, 0.717) is 73.6 Å². The predicted molar refractivity (Wildman–Crippen MR) is 513 cm³/mol. The van der Waals surface area contributed by atoms with Crippen LogP contribution >= 0.6 is 11.6 Å². The van der Waals surface area contributed by atoms with Gasteiger partial charge in [-0.1, -0.05) is 204 Å². The molecule has 3 aromatic heterocycles. The Balaban J connectivity index is 0.000000168. The monoisotopic (exact) mass is 1820 g/mol. The topological polar surface area (TPSA) is 346 Å². The van der Waals surface area contributed by atoms with Crippen molar-refractivity contribution >= 4 is 71.2 Å². The fraction of sp³-hybridized carbons (Fsp3) is 0.282. The van der Waals surface area contributed by atoms with Crippen molar-refractivity contribution < 1.29 is 66.6 Å². The first-order valence-electron chi connectivity index (χ1n) is 44.1. The molecule has 16 rings (SSSR count). The number of phenols is 1. The van der Waals surface area contributed by atoms with Gasteiger partial charge in [-0.3, -0.25) is 9.59 Å². The highest BCUT2D eigenvalue weighted by Gasteiger charge is 2.41. The molecule has 5 N–H and O–H groups in total. The standard InChI is InChI=1S/2C24H27N5O3.C15H17NO.C15H14O2.C10H13ClN4O2.C9H9FO.C6H6O/c2*1-4-20(17-10-12-19(13-11-17)32-18-8-6-5-7-9-18)27-22-25-15-26-23(28-22)29-21(16(2)3)14-31-24(29)30;2*1-2-15(16)12-8-10-14(11-9-12)17-13-6-4-3-5-7-13;1-5(2)7-4-17-10(16)15(7)9-13-6(3)12-8(11)14-9;1-2-9(11)7-3-5-8(10)6-4-7;7-6-4-2-1-3-5-6/h2*5-13,15-16,20-21H,4,14H2,1-3H3,(H,25,26,27,28);3-11,15H,2,16H2,1H3;3-11H,2H2,1H3;5,7H,4H2,1-3H3;3-6H,2H2,1H3;1-5,7H/t20-,21+;20-,21-;;;7-;;/m01..1../s1. The van der Waals surface area contributed by atoms with Crippen LogP contribution in [0.4, 0.5) is 48.5 Å². The summed E-state index contributed by atoms with van der Waals surface area (Å²) in [5.74, 6) is 9.38. The van der Waals surface area contributed by atoms with Crippen LogP contribution in [0.5, 0.6) is 51.7 Å². The Morgan fingerprint density at radius 1 is 0.406 bits per heavy atom. The molecule has 0 aliphatic carbocycles. The first-order chi connectivity index (χ1) is 64.3. The number of phenolic OH excluding ortho intramolecular Hbond substituents is 1. The lowest BCUT2D eigenvalue weighted by Gasteiger charge is -2.23. The molecule has 3 amide bonds. The van der Waals surface area contributed by atoms with Gasteiger partial charge in [-0.05, 0) is 218 Å². The molecule has 3 aliphatic heterocycles. The number of nitrogens with zero attached hydrogens (tertiary/aromatic N) is 12. The highest BCUT2D eigenvalue weighted by atomic mass is 35.5. The lowest BCUT2D eigenvalue weighted by molar-refractivity contribution is 0.0980. The van der Waals surface area contributed by atoms with Crippen LogP contribution in [0.1, 0.15) is 170 Å². The van der Waals surface area contributed by atoms with Gasteiger partial charge in [-0.2, -0.15) is 19.9 Å². The van der Waals surface area contributed by atoms with Crippen LogP contribution in [0, 0.1) is 30.5 Å². The lowest BCUT2D eigenvalue weighted by atomic mass is 10.0. The maximum absolute atomic E-state index is 12.3. The first kappa shape index (κ1) is 100. The van der Waals surface area contributed by atoms with Crippen molar-refractivity contribution in [3.05, 3.63) is 330 Å². The minimum Gasteiger partial charge on any atom is -0.508 e. The van der Waals surface area contributed by atoms with Crippen molar-refractivity contribution in [3.8, 4) is 51.7 Å². The first-order valence-corrected chi connectivity index (χ1v) is 44.5. The van der Waals surface area contributed by atoms with Crippen molar-refractivity contribution in [1.82, 2.24) is 44.9 Å². The second-order valence-electron chi connectivity index (χ2n) is 31.5. The number of Topliss-reactive ketones (excluding diaryl/α,β-unsaturated/α-hetero) is 2. The fourth-order valence-electron chi connectivity index (χ4n) is 13.3. The molecular weight excluding hydrogens is 1710 g/mol. The molecule has 13 aromatic rings. The number of aromatic nitrogens is 9. The molecule has 0 saturated carbocycles. The van der Waals surface area contributed by atoms with Gasteiger partial charge in [0.2, 0.25) is 35.0 Å². The minimum atomic E-state index is -0.439. The summed E-state index contributed by atoms with van der Waals surface area (Å²) in [5, 5.41) is 15.4. The summed E-state index contributed by atoms with van der Waals surface area (Å²) in [6.45, 7) is 24.8. The molecule has 1 unspecified atom stereocenters. The Bertz CT molecular complexity index is 5560. The van der Waals surface area contributed by atoms with Gasteiger partial charge >= 0.3 is 18.3 Å². The lowest BCUT2D eigenvalue weighted by Crippen LogP contribution is -2.38. The zero-order valence-electron chi connectivity index (χ0n) is 76.5. The Hall–Kier alpha value is -14.8. The number of halogens is 2. The number of aryl methyl sites for hydroxylation is 1. The van der Waals surface area contributed by atoms with Gasteiger partial charge in [0.05, 0.1) is 30.2 Å². The third-order valence-electron chi connectivity index (χ3n) is 20.9. The molecule has 692 valence electrons. The summed E-state index contributed by atoms with van der Waals surface area (Å²) in [6, 6.07) is 83.8. The summed E-state index contributed by atoms with van der Waals surface area (Å²) < 4.78 is 50.9. The number of nitrogens with one attached hydrogen (secondary N) is 2. The van der Waals surface area contributed by atoms with Crippen molar-refractivity contribution in [2.75, 3.05) is 45.2 Å². The van der Waals surface area contributed by atoms with E-state index >= 15 is 0 Å². The molecule has 0 bridgehead atoms. The van der Waals surface area contributed by atoms with Gasteiger partial charge in [0, 0.05) is 30.0 Å². The van der Waals surface area contributed by atoms with E-state index in [4.69, 9.17) is 55.6 Å². The number of nitrogens with two attached hydrogens (primary N) is 1. The molecule has 0 spiro atoms. The van der Waals surface area contributed by atoms with Gasteiger partial charge in [0.1, 0.15) is 95.9 Å². The average molecular weight is 1820 g/mol. The zero-order chi connectivity index (χ0) is 95.1. The highest BCUT2D eigenvalue weighted by Crippen LogP contribution is 2.34. The molecule has 0 radical (unpaired) electrons. The summed E-state index contributed by atoms with van der Waals surface area (Å²) in [7, 11) is 0. The van der Waals surface area contributed by atoms with Gasteiger partial charge in [0.15, 0.2) is 11.6 Å². The number of para-hydroxylation sites is 5. The number of benzene rings is 10. The van der Waals surface area contributed by atoms with E-state index in [-0.39, 0.29) is 82.6 Å². The van der Waals surface area contributed by atoms with Gasteiger partial charge < -0.3 is 54.6 Å². The molecule has 3 saturated heterocycles. The van der Waals surface area contributed by atoms with Crippen molar-refractivity contribution in [1.29, 1.82) is 0 Å². The molecule has 6 atom stereocenters. The Morgan fingerprint density at radius 2 is 0.707 bits per heavy atom. The Labute approximate surface area is 780 Å². The van der Waals surface area contributed by atoms with Gasteiger partial charge in [-0.25, -0.2) is 58.4 Å². The van der Waals surface area contributed by atoms with Crippen molar-refractivity contribution in [2.24, 2.45) is 23.5 Å². The number of cyclic esters (lactones) is 3. The van der Waals surface area contributed by atoms with Gasteiger partial charge in [-0.15, -0.1) is 0 Å². The largest absolute Gasteiger partial charge is 0.508 e. The summed E-state index contributed by atoms with van der Waals surface area (Å²) in [4.78, 5) is 101. The second kappa shape index (κ2) is 51.5. The summed E-state index contributed by atoms with van der Waals surface area (Å²) >= 11 is 5.76. The van der Waals surface area contributed by atoms with Crippen LogP contribution < -0.4 is 50.0 Å². The quantitative estimate of drug-likeness (QED) is 0.0261. The van der Waals surface area contributed by atoms with Crippen molar-refractivity contribution in [2.45, 2.75) is 151 Å². The van der Waals surface area contributed by atoms with E-state index in [2.05, 4.69) is 76.3 Å². The highest BCUT2D eigenvalue weighted by molar-refractivity contribution is 6.28. The number of anilines is 5. The average Bonchev–Trinajstić information content (AvgIpc) is 1.70. The number of ketones is 2. The summed E-state index contributed by atoms with van der Waals surface area (Å²) in [5.41, 5.74) is 10.6. The van der Waals surface area contributed by atoms with E-state index in [0.717, 1.165) is 87.5 Å². The number of carbonyl (C=O) groups is 5. The van der Waals surface area contributed by atoms with Crippen LogP contribution in [-0.4, -0.2) is 118 Å². The maximum Gasteiger partial charge on any atom is 0.417 e. The van der Waals surface area contributed by atoms with E-state index in [1.807, 2.05) is 261 Å². The number of rotatable bonds is 28. The molecule has 133 heavy (non-hydrogen) atoms. The molecule has 3 aliphatic rings. The third kappa shape index (κ3) is 30.9. The predicted octanol–water partition coefficient (Wildman–Crippen LogP) is 24.0. The molecule has 30 heteroatoms. The number of carbonyl (C=O) groups excluding carboxylic acids is 5. The minimum absolute atomic E-state index is 0.0116. The van der Waals surface area contributed by atoms with E-state index in [9.17, 15) is 28.4 Å². The zero-order valence-corrected chi connectivity index (χ0v) is 77.3. The van der Waals surface area contributed by atoms with Crippen LogP contribution in [0.3, 0.4) is 0 Å². The Kier molecular flexibility index (Phi) is 38.9. The number of hydrogen-bond donors (Lipinski definition) is 4. The van der Waals surface area contributed by atoms with Crippen molar-refractivity contribution in [3.63, 3.8) is 0 Å². The third-order valence-corrected chi connectivity index (χ3v) is 21.1. The smallest absolute Gasteiger partial charge is 0.417 e. The summed E-state index contributed by atoms with van der Waals surface area (Å²) in [6.07, 6.45) is 5.10. The molecular formula is C103H113ClFN15O13. The van der Waals surface area contributed by atoms with Crippen LogP contribution in [0.25, 0.3) is 0 Å². The van der Waals surface area contributed by atoms with Crippen LogP contribution in [0.15, 0.2) is 286 Å². The normalized spacial score (nSPS) is 14.6. The molecule has 3 fully saturated rings. The SMILES string of the molecule is CCC(=O)c1ccc(F)cc1.CCC(=O)c1ccc(Oc2ccccc2)cc1.CCC(N)c1ccc(Oc2ccccc2)cc1.CC[C@@H](Nc1ncnc(N2C(=O)OC[C@@H]2C(C)C)n1)c1ccc(Oc2ccccc2)cc1.CC[C@H](Nc1ncnc(N2C(=O)OC[C@@H]2C(C)C)n1)c1ccc(Oc2ccccc2)cc1.Cc1nc(Cl)nc(N2C(=O)OC[C@@H]2C(C)C)n1.Oc1ccccc1. The number of aromatic hydroxyl groups is 1. The number of hydrogen-bond acceptors (Lipinski definition) is 25. The Morgan fingerprint density at radius 3 is 1.00 bits per heavy atom. The van der Waals surface area contributed by atoms with E-state index in [1.165, 1.54) is 51.6 Å². The molecule has 10 aromatic carbocycles. The van der Waals surface area contributed by atoms with Crippen LogP contribution in [0.2, 0.25) is 5.28 Å². The molecule has 6 heterocycles. The van der Waals surface area contributed by atoms with E-state index in [1.54, 1.807) is 50.2 Å². The molecule has 28 nitrogen and oxygen atoms in total.